The lowest BCUT2D eigenvalue weighted by Crippen LogP contribution is -2.48. The Hall–Kier alpha value is -3.27. The number of aromatic nitrogens is 3. The van der Waals surface area contributed by atoms with Crippen LogP contribution in [-0.2, 0) is 13.2 Å². The molecule has 0 bridgehead atoms. The molecule has 1 aliphatic heterocycles. The lowest BCUT2D eigenvalue weighted by molar-refractivity contribution is 0.0615. The third-order valence-electron chi connectivity index (χ3n) is 5.56. The average Bonchev–Trinajstić information content (AvgIpc) is 3.56. The van der Waals surface area contributed by atoms with Gasteiger partial charge in [-0.05, 0) is 48.5 Å². The SMILES string of the molecule is O=C(c1ccc(OCc2cscn2)cc1)N1CCN(Cc2nc(-c3ccc(Cl)cc3)no2)CC1. The zero-order valence-corrected chi connectivity index (χ0v) is 19.8. The molecule has 3 heterocycles. The highest BCUT2D eigenvalue weighted by atomic mass is 35.5. The van der Waals surface area contributed by atoms with Crippen molar-refractivity contribution in [3.05, 3.63) is 81.6 Å². The minimum atomic E-state index is 0.0218. The zero-order chi connectivity index (χ0) is 23.3. The molecule has 8 nitrogen and oxygen atoms in total. The van der Waals surface area contributed by atoms with Crippen LogP contribution in [0.25, 0.3) is 11.4 Å². The first-order chi connectivity index (χ1) is 16.6. The third-order valence-corrected chi connectivity index (χ3v) is 6.45. The molecule has 0 N–H and O–H groups in total. The van der Waals surface area contributed by atoms with Crippen molar-refractivity contribution < 1.29 is 14.1 Å². The molecule has 0 saturated carbocycles. The summed E-state index contributed by atoms with van der Waals surface area (Å²) in [4.78, 5) is 25.7. The second-order valence-corrected chi connectivity index (χ2v) is 9.03. The molecule has 1 aliphatic rings. The van der Waals surface area contributed by atoms with Crippen LogP contribution in [0.1, 0.15) is 21.9 Å². The molecule has 4 aromatic rings. The molecular weight excluding hydrogens is 474 g/mol. The van der Waals surface area contributed by atoms with Crippen molar-refractivity contribution in [3.63, 3.8) is 0 Å². The smallest absolute Gasteiger partial charge is 0.253 e. The summed E-state index contributed by atoms with van der Waals surface area (Å²) in [6.45, 7) is 3.71. The van der Waals surface area contributed by atoms with Crippen LogP contribution in [-0.4, -0.2) is 57.0 Å². The van der Waals surface area contributed by atoms with Crippen molar-refractivity contribution >= 4 is 28.8 Å². The second kappa shape index (κ2) is 10.3. The van der Waals surface area contributed by atoms with Crippen LogP contribution in [0.5, 0.6) is 5.75 Å². The summed E-state index contributed by atoms with van der Waals surface area (Å²) in [7, 11) is 0. The van der Waals surface area contributed by atoms with E-state index in [-0.39, 0.29) is 5.91 Å². The topological polar surface area (TPSA) is 84.6 Å². The average molecular weight is 496 g/mol. The molecule has 0 aliphatic carbocycles. The second-order valence-electron chi connectivity index (χ2n) is 7.88. The van der Waals surface area contributed by atoms with Crippen molar-refractivity contribution in [1.29, 1.82) is 0 Å². The molecule has 1 fully saturated rings. The Morgan fingerprint density at radius 3 is 2.53 bits per heavy atom. The molecule has 0 spiro atoms. The summed E-state index contributed by atoms with van der Waals surface area (Å²) >= 11 is 7.47. The Kier molecular flexibility index (Phi) is 6.84. The third kappa shape index (κ3) is 5.44. The van der Waals surface area contributed by atoms with Gasteiger partial charge in [0, 0.05) is 47.7 Å². The summed E-state index contributed by atoms with van der Waals surface area (Å²) in [5, 5.41) is 6.68. The fourth-order valence-electron chi connectivity index (χ4n) is 3.68. The Bertz CT molecular complexity index is 1220. The number of rotatable bonds is 7. The zero-order valence-electron chi connectivity index (χ0n) is 18.3. The van der Waals surface area contributed by atoms with E-state index in [0.717, 1.165) is 24.3 Å². The number of piperazine rings is 1. The highest BCUT2D eigenvalue weighted by Gasteiger charge is 2.23. The minimum Gasteiger partial charge on any atom is -0.487 e. The lowest BCUT2D eigenvalue weighted by atomic mass is 10.1. The van der Waals surface area contributed by atoms with E-state index in [4.69, 9.17) is 20.9 Å². The Morgan fingerprint density at radius 1 is 1.06 bits per heavy atom. The molecule has 2 aromatic carbocycles. The maximum Gasteiger partial charge on any atom is 0.253 e. The molecule has 1 amide bonds. The summed E-state index contributed by atoms with van der Waals surface area (Å²) < 4.78 is 11.1. The van der Waals surface area contributed by atoms with E-state index in [0.29, 0.717) is 54.3 Å². The molecule has 174 valence electrons. The van der Waals surface area contributed by atoms with Gasteiger partial charge in [0.1, 0.15) is 12.4 Å². The number of carbonyl (C=O) groups is 1. The van der Waals surface area contributed by atoms with E-state index < -0.39 is 0 Å². The normalized spacial score (nSPS) is 14.3. The number of ether oxygens (including phenoxy) is 1. The quantitative estimate of drug-likeness (QED) is 0.376. The van der Waals surface area contributed by atoms with Crippen LogP contribution in [0.2, 0.25) is 5.02 Å². The predicted octanol–water partition coefficient (Wildman–Crippen LogP) is 4.38. The molecule has 10 heteroatoms. The fraction of sp³-hybridized carbons (Fsp3) is 0.250. The van der Waals surface area contributed by atoms with E-state index in [1.165, 1.54) is 11.3 Å². The number of benzene rings is 2. The van der Waals surface area contributed by atoms with Gasteiger partial charge in [0.2, 0.25) is 11.7 Å². The van der Waals surface area contributed by atoms with Crippen molar-refractivity contribution in [2.24, 2.45) is 0 Å². The maximum atomic E-state index is 12.9. The molecule has 0 unspecified atom stereocenters. The molecule has 34 heavy (non-hydrogen) atoms. The molecule has 5 rings (SSSR count). The van der Waals surface area contributed by atoms with Crippen LogP contribution < -0.4 is 4.74 Å². The van der Waals surface area contributed by atoms with Gasteiger partial charge in [-0.15, -0.1) is 11.3 Å². The number of halogens is 1. The van der Waals surface area contributed by atoms with Gasteiger partial charge in [-0.3, -0.25) is 9.69 Å². The van der Waals surface area contributed by atoms with Gasteiger partial charge in [-0.2, -0.15) is 4.98 Å². The first-order valence-electron chi connectivity index (χ1n) is 10.8. The van der Waals surface area contributed by atoms with Crippen molar-refractivity contribution in [2.45, 2.75) is 13.2 Å². The van der Waals surface area contributed by atoms with Crippen molar-refractivity contribution in [3.8, 4) is 17.1 Å². The highest BCUT2D eigenvalue weighted by Crippen LogP contribution is 2.20. The number of amides is 1. The Labute approximate surface area is 205 Å². The van der Waals surface area contributed by atoms with E-state index in [1.807, 2.05) is 46.7 Å². The Balaban J connectivity index is 1.11. The molecule has 0 radical (unpaired) electrons. The first-order valence-corrected chi connectivity index (χ1v) is 12.2. The predicted molar refractivity (Wildman–Crippen MR) is 129 cm³/mol. The molecule has 1 saturated heterocycles. The largest absolute Gasteiger partial charge is 0.487 e. The van der Waals surface area contributed by atoms with Crippen LogP contribution in [0.3, 0.4) is 0 Å². The minimum absolute atomic E-state index is 0.0218. The van der Waals surface area contributed by atoms with E-state index in [9.17, 15) is 4.79 Å². The molecule has 0 atom stereocenters. The van der Waals surface area contributed by atoms with Gasteiger partial charge in [-0.25, -0.2) is 4.98 Å². The summed E-state index contributed by atoms with van der Waals surface area (Å²) in [6, 6.07) is 14.6. The van der Waals surface area contributed by atoms with Crippen LogP contribution in [0, 0.1) is 0 Å². The van der Waals surface area contributed by atoms with E-state index in [2.05, 4.69) is 20.0 Å². The van der Waals surface area contributed by atoms with Gasteiger partial charge in [0.05, 0.1) is 17.7 Å². The molecular formula is C24H22ClN5O3S. The standard InChI is InChI=1S/C24H22ClN5O3S/c25-19-5-1-17(2-6-19)23-27-22(33-28-23)13-29-9-11-30(12-10-29)24(31)18-3-7-21(8-4-18)32-14-20-15-34-16-26-20/h1-8,15-16H,9-14H2. The first kappa shape index (κ1) is 22.5. The van der Waals surface area contributed by atoms with Crippen molar-refractivity contribution in [1.82, 2.24) is 24.9 Å². The fourth-order valence-corrected chi connectivity index (χ4v) is 4.35. The number of hydrogen-bond acceptors (Lipinski definition) is 8. The van der Waals surface area contributed by atoms with Gasteiger partial charge >= 0.3 is 0 Å². The number of nitrogens with zero attached hydrogens (tertiary/aromatic N) is 5. The van der Waals surface area contributed by atoms with Gasteiger partial charge < -0.3 is 14.2 Å². The number of hydrogen-bond donors (Lipinski definition) is 0. The van der Waals surface area contributed by atoms with Crippen LogP contribution >= 0.6 is 22.9 Å². The monoisotopic (exact) mass is 495 g/mol. The molecule has 2 aromatic heterocycles. The number of carbonyl (C=O) groups excluding carboxylic acids is 1. The van der Waals surface area contributed by atoms with E-state index >= 15 is 0 Å². The van der Waals surface area contributed by atoms with Crippen LogP contribution in [0.4, 0.5) is 0 Å². The van der Waals surface area contributed by atoms with Crippen molar-refractivity contribution in [2.75, 3.05) is 26.2 Å². The van der Waals surface area contributed by atoms with E-state index in [1.54, 1.807) is 17.6 Å². The van der Waals surface area contributed by atoms with Gasteiger partial charge in [0.25, 0.3) is 5.91 Å². The Morgan fingerprint density at radius 2 is 1.82 bits per heavy atom. The number of thiazole rings is 1. The maximum absolute atomic E-state index is 12.9. The van der Waals surface area contributed by atoms with Crippen LogP contribution in [0.15, 0.2) is 63.9 Å². The highest BCUT2D eigenvalue weighted by molar-refractivity contribution is 7.07. The summed E-state index contributed by atoms with van der Waals surface area (Å²) in [5.74, 6) is 1.83. The van der Waals surface area contributed by atoms with Gasteiger partial charge in [0.15, 0.2) is 0 Å². The summed E-state index contributed by atoms with van der Waals surface area (Å²) in [5.41, 5.74) is 4.18. The van der Waals surface area contributed by atoms with Gasteiger partial charge in [-0.1, -0.05) is 16.8 Å². The lowest BCUT2D eigenvalue weighted by Gasteiger charge is -2.34. The summed E-state index contributed by atoms with van der Waals surface area (Å²) in [6.07, 6.45) is 0.